The van der Waals surface area contributed by atoms with Crippen molar-refractivity contribution in [2.45, 2.75) is 5.75 Å². The van der Waals surface area contributed by atoms with E-state index in [1.165, 1.54) is 4.31 Å². The third-order valence-electron chi connectivity index (χ3n) is 4.52. The van der Waals surface area contributed by atoms with E-state index in [-0.39, 0.29) is 31.4 Å². The summed E-state index contributed by atoms with van der Waals surface area (Å²) in [7, 11) is -3.41. The number of amides is 1. The fraction of sp³-hybridized carbons (Fsp3) is 0.300. The van der Waals surface area contributed by atoms with Crippen LogP contribution in [0.25, 0.3) is 0 Å². The lowest BCUT2D eigenvalue weighted by molar-refractivity contribution is -0.134. The molecule has 0 saturated carbocycles. The summed E-state index contributed by atoms with van der Waals surface area (Å²) in [5.74, 6) is 0.282. The number of sulfonamides is 1. The molecular weight excluding hydrogens is 378 g/mol. The Hall–Kier alpha value is -2.89. The predicted molar refractivity (Wildman–Crippen MR) is 104 cm³/mol. The first-order chi connectivity index (χ1) is 13.5. The Balaban J connectivity index is 1.48. The number of rotatable bonds is 6. The summed E-state index contributed by atoms with van der Waals surface area (Å²) in [5, 5.41) is 8.78. The first-order valence-corrected chi connectivity index (χ1v) is 10.5. The van der Waals surface area contributed by atoms with E-state index in [4.69, 9.17) is 10.00 Å². The quantitative estimate of drug-likeness (QED) is 0.736. The molecule has 1 fully saturated rings. The number of nitrogens with zero attached hydrogens (tertiary/aromatic N) is 3. The third kappa shape index (κ3) is 5.09. The van der Waals surface area contributed by atoms with Crippen LogP contribution in [-0.4, -0.2) is 56.3 Å². The van der Waals surface area contributed by atoms with Gasteiger partial charge in [-0.2, -0.15) is 9.57 Å². The van der Waals surface area contributed by atoms with E-state index in [0.717, 1.165) is 5.56 Å². The van der Waals surface area contributed by atoms with Crippen LogP contribution in [0.3, 0.4) is 0 Å². The highest BCUT2D eigenvalue weighted by Gasteiger charge is 2.29. The minimum Gasteiger partial charge on any atom is -0.484 e. The Kier molecular flexibility index (Phi) is 6.29. The molecular formula is C20H21N3O4S. The van der Waals surface area contributed by atoms with Gasteiger partial charge in [0.05, 0.1) is 17.4 Å². The van der Waals surface area contributed by atoms with Gasteiger partial charge < -0.3 is 9.64 Å². The third-order valence-corrected chi connectivity index (χ3v) is 6.37. The fourth-order valence-electron chi connectivity index (χ4n) is 2.95. The fourth-order valence-corrected chi connectivity index (χ4v) is 4.47. The van der Waals surface area contributed by atoms with Crippen LogP contribution in [0.4, 0.5) is 0 Å². The molecule has 0 unspecified atom stereocenters. The molecule has 0 aliphatic carbocycles. The van der Waals surface area contributed by atoms with Gasteiger partial charge in [0.15, 0.2) is 6.61 Å². The van der Waals surface area contributed by atoms with Crippen molar-refractivity contribution in [3.8, 4) is 11.8 Å². The maximum absolute atomic E-state index is 12.6. The zero-order chi connectivity index (χ0) is 20.0. The molecule has 2 aromatic carbocycles. The predicted octanol–water partition coefficient (Wildman–Crippen LogP) is 1.61. The van der Waals surface area contributed by atoms with E-state index in [1.54, 1.807) is 41.3 Å². The molecule has 7 nitrogen and oxygen atoms in total. The second-order valence-corrected chi connectivity index (χ2v) is 8.42. The van der Waals surface area contributed by atoms with Crippen molar-refractivity contribution in [2.24, 2.45) is 0 Å². The van der Waals surface area contributed by atoms with Gasteiger partial charge in [-0.3, -0.25) is 4.79 Å². The molecule has 0 radical (unpaired) electrons. The number of nitriles is 1. The standard InChI is InChI=1S/C20H21N3O4S/c21-14-17-6-8-19(9-7-17)27-15-20(24)22-10-12-23(13-11-22)28(25,26)16-18-4-2-1-3-5-18/h1-9H,10-13,15-16H2. The Morgan fingerprint density at radius 1 is 1.00 bits per heavy atom. The summed E-state index contributed by atoms with van der Waals surface area (Å²) in [5.41, 5.74) is 1.27. The van der Waals surface area contributed by atoms with Crippen LogP contribution in [0, 0.1) is 11.3 Å². The highest BCUT2D eigenvalue weighted by atomic mass is 32.2. The summed E-state index contributed by atoms with van der Waals surface area (Å²) < 4.78 is 32.0. The summed E-state index contributed by atoms with van der Waals surface area (Å²) in [6.07, 6.45) is 0. The molecule has 1 aliphatic heterocycles. The molecule has 0 atom stereocenters. The second kappa shape index (κ2) is 8.87. The molecule has 0 aromatic heterocycles. The van der Waals surface area contributed by atoms with Crippen LogP contribution in [0.2, 0.25) is 0 Å². The van der Waals surface area contributed by atoms with Gasteiger partial charge in [0.25, 0.3) is 5.91 Å². The average molecular weight is 399 g/mol. The van der Waals surface area contributed by atoms with Gasteiger partial charge in [-0.15, -0.1) is 0 Å². The van der Waals surface area contributed by atoms with Gasteiger partial charge in [0.1, 0.15) is 5.75 Å². The smallest absolute Gasteiger partial charge is 0.260 e. The number of benzene rings is 2. The maximum atomic E-state index is 12.6. The molecule has 0 spiro atoms. The monoisotopic (exact) mass is 399 g/mol. The van der Waals surface area contributed by atoms with Crippen LogP contribution in [-0.2, 0) is 20.6 Å². The number of carbonyl (C=O) groups excluding carboxylic acids is 1. The van der Waals surface area contributed by atoms with E-state index in [9.17, 15) is 13.2 Å². The zero-order valence-electron chi connectivity index (χ0n) is 15.3. The van der Waals surface area contributed by atoms with Crippen molar-refractivity contribution in [2.75, 3.05) is 32.8 Å². The lowest BCUT2D eigenvalue weighted by Gasteiger charge is -2.34. The zero-order valence-corrected chi connectivity index (χ0v) is 16.1. The highest BCUT2D eigenvalue weighted by Crippen LogP contribution is 2.15. The number of piperazine rings is 1. The van der Waals surface area contributed by atoms with Gasteiger partial charge in [-0.05, 0) is 29.8 Å². The van der Waals surface area contributed by atoms with E-state index in [2.05, 4.69) is 0 Å². The molecule has 3 rings (SSSR count). The molecule has 28 heavy (non-hydrogen) atoms. The minimum atomic E-state index is -3.41. The Morgan fingerprint density at radius 2 is 1.64 bits per heavy atom. The normalized spacial score (nSPS) is 15.0. The van der Waals surface area contributed by atoms with E-state index in [1.807, 2.05) is 24.3 Å². The molecule has 1 saturated heterocycles. The van der Waals surface area contributed by atoms with Crippen molar-refractivity contribution in [3.63, 3.8) is 0 Å². The maximum Gasteiger partial charge on any atom is 0.260 e. The number of hydrogen-bond acceptors (Lipinski definition) is 5. The van der Waals surface area contributed by atoms with Crippen molar-refractivity contribution < 1.29 is 17.9 Å². The van der Waals surface area contributed by atoms with Crippen LogP contribution in [0.15, 0.2) is 54.6 Å². The molecule has 1 aliphatic rings. The van der Waals surface area contributed by atoms with Gasteiger partial charge in [0.2, 0.25) is 10.0 Å². The molecule has 2 aromatic rings. The first-order valence-electron chi connectivity index (χ1n) is 8.90. The van der Waals surface area contributed by atoms with Crippen molar-refractivity contribution >= 4 is 15.9 Å². The van der Waals surface area contributed by atoms with E-state index < -0.39 is 10.0 Å². The van der Waals surface area contributed by atoms with Crippen LogP contribution in [0.1, 0.15) is 11.1 Å². The summed E-state index contributed by atoms with van der Waals surface area (Å²) in [6, 6.07) is 17.6. The molecule has 1 heterocycles. The lowest BCUT2D eigenvalue weighted by Crippen LogP contribution is -2.51. The SMILES string of the molecule is N#Cc1ccc(OCC(=O)N2CCN(S(=O)(=O)Cc3ccccc3)CC2)cc1. The lowest BCUT2D eigenvalue weighted by atomic mass is 10.2. The van der Waals surface area contributed by atoms with E-state index >= 15 is 0 Å². The summed E-state index contributed by atoms with van der Waals surface area (Å²) in [4.78, 5) is 13.9. The molecule has 146 valence electrons. The molecule has 0 bridgehead atoms. The Bertz CT molecular complexity index is 945. The van der Waals surface area contributed by atoms with Crippen LogP contribution in [0.5, 0.6) is 5.75 Å². The molecule has 0 N–H and O–H groups in total. The Morgan fingerprint density at radius 3 is 2.25 bits per heavy atom. The van der Waals surface area contributed by atoms with Gasteiger partial charge in [0, 0.05) is 26.2 Å². The van der Waals surface area contributed by atoms with Gasteiger partial charge >= 0.3 is 0 Å². The summed E-state index contributed by atoms with van der Waals surface area (Å²) >= 11 is 0. The second-order valence-electron chi connectivity index (χ2n) is 6.45. The van der Waals surface area contributed by atoms with Crippen molar-refractivity contribution in [3.05, 3.63) is 65.7 Å². The van der Waals surface area contributed by atoms with Crippen molar-refractivity contribution in [1.29, 1.82) is 5.26 Å². The van der Waals surface area contributed by atoms with E-state index in [0.29, 0.717) is 24.4 Å². The van der Waals surface area contributed by atoms with Gasteiger partial charge in [-0.25, -0.2) is 8.42 Å². The highest BCUT2D eigenvalue weighted by molar-refractivity contribution is 7.88. The molecule has 8 heteroatoms. The van der Waals surface area contributed by atoms with Crippen LogP contribution < -0.4 is 4.74 Å². The van der Waals surface area contributed by atoms with Crippen LogP contribution >= 0.6 is 0 Å². The van der Waals surface area contributed by atoms with Gasteiger partial charge in [-0.1, -0.05) is 30.3 Å². The number of hydrogen-bond donors (Lipinski definition) is 0. The number of ether oxygens (including phenoxy) is 1. The average Bonchev–Trinajstić information content (AvgIpc) is 2.73. The molecule has 1 amide bonds. The van der Waals surface area contributed by atoms with Crippen molar-refractivity contribution in [1.82, 2.24) is 9.21 Å². The number of carbonyl (C=O) groups is 1. The topological polar surface area (TPSA) is 90.7 Å². The first kappa shape index (κ1) is 19.9. The minimum absolute atomic E-state index is 0.0381. The summed E-state index contributed by atoms with van der Waals surface area (Å²) in [6.45, 7) is 1.10. The Labute approximate surface area is 164 Å². The largest absolute Gasteiger partial charge is 0.484 e.